The summed E-state index contributed by atoms with van der Waals surface area (Å²) in [7, 11) is 1.76. The van der Waals surface area contributed by atoms with Crippen molar-refractivity contribution in [1.29, 1.82) is 0 Å². The number of carbonyl (C=O) groups excluding carboxylic acids is 1. The second-order valence-electron chi connectivity index (χ2n) is 4.04. The Hall–Kier alpha value is -1.56. The van der Waals surface area contributed by atoms with Crippen LogP contribution >= 0.6 is 23.2 Å². The number of rotatable bonds is 3. The van der Waals surface area contributed by atoms with Crippen LogP contribution in [0.15, 0.2) is 30.6 Å². The first-order valence-corrected chi connectivity index (χ1v) is 6.23. The van der Waals surface area contributed by atoms with Crippen molar-refractivity contribution in [3.05, 3.63) is 46.2 Å². The van der Waals surface area contributed by atoms with E-state index in [1.54, 1.807) is 42.3 Å². The molecule has 1 aromatic heterocycles. The predicted molar refractivity (Wildman–Crippen MR) is 75.2 cm³/mol. The molecule has 1 heterocycles. The van der Waals surface area contributed by atoms with E-state index in [-0.39, 0.29) is 5.91 Å². The number of aromatic nitrogens is 2. The van der Waals surface area contributed by atoms with E-state index < -0.39 is 6.04 Å². The molecule has 0 bridgehead atoms. The molecule has 100 valence electrons. The first kappa shape index (κ1) is 13.9. The number of benzene rings is 1. The monoisotopic (exact) mass is 298 g/mol. The summed E-state index contributed by atoms with van der Waals surface area (Å²) in [6.07, 6.45) is 3.25. The van der Waals surface area contributed by atoms with E-state index in [4.69, 9.17) is 28.9 Å². The lowest BCUT2D eigenvalue weighted by molar-refractivity contribution is -0.117. The minimum absolute atomic E-state index is 0.341. The molecule has 0 aliphatic heterocycles. The molecular formula is C12H12Cl2N4O. The number of halogens is 2. The molecule has 0 spiro atoms. The minimum Gasteiger partial charge on any atom is -0.324 e. The average Bonchev–Trinajstić information content (AvgIpc) is 2.79. The Morgan fingerprint density at radius 1 is 1.42 bits per heavy atom. The second-order valence-corrected chi connectivity index (χ2v) is 4.86. The molecule has 0 saturated carbocycles. The molecule has 1 amide bonds. The van der Waals surface area contributed by atoms with Gasteiger partial charge in [-0.25, -0.2) is 0 Å². The fourth-order valence-corrected chi connectivity index (χ4v) is 1.84. The zero-order chi connectivity index (χ0) is 14.0. The zero-order valence-electron chi connectivity index (χ0n) is 10.1. The molecular weight excluding hydrogens is 287 g/mol. The van der Waals surface area contributed by atoms with Gasteiger partial charge in [-0.15, -0.1) is 0 Å². The van der Waals surface area contributed by atoms with Crippen molar-refractivity contribution in [2.24, 2.45) is 12.8 Å². The van der Waals surface area contributed by atoms with Gasteiger partial charge in [0.1, 0.15) is 6.04 Å². The lowest BCUT2D eigenvalue weighted by Crippen LogP contribution is -2.27. The minimum atomic E-state index is -0.789. The topological polar surface area (TPSA) is 72.9 Å². The standard InChI is InChI=1S/C12H12Cl2N4O/c1-18-6-7(5-16-18)11(15)12(19)17-8-2-3-9(13)10(14)4-8/h2-6,11H,15H2,1H3,(H,17,19). The largest absolute Gasteiger partial charge is 0.324 e. The van der Waals surface area contributed by atoms with Gasteiger partial charge in [0.05, 0.1) is 16.2 Å². The van der Waals surface area contributed by atoms with E-state index in [0.29, 0.717) is 21.3 Å². The van der Waals surface area contributed by atoms with Crippen LogP contribution in [0.3, 0.4) is 0 Å². The van der Waals surface area contributed by atoms with Gasteiger partial charge in [-0.1, -0.05) is 23.2 Å². The van der Waals surface area contributed by atoms with Gasteiger partial charge in [-0.2, -0.15) is 5.10 Å². The molecule has 0 aliphatic carbocycles. The second kappa shape index (κ2) is 5.61. The molecule has 19 heavy (non-hydrogen) atoms. The summed E-state index contributed by atoms with van der Waals surface area (Å²) in [6, 6.07) is 4.04. The maximum absolute atomic E-state index is 12.0. The quantitative estimate of drug-likeness (QED) is 0.913. The van der Waals surface area contributed by atoms with Crippen LogP contribution < -0.4 is 11.1 Å². The van der Waals surface area contributed by atoms with Gasteiger partial charge in [-0.3, -0.25) is 9.48 Å². The van der Waals surface area contributed by atoms with Crippen molar-refractivity contribution in [3.8, 4) is 0 Å². The highest BCUT2D eigenvalue weighted by molar-refractivity contribution is 6.42. The molecule has 1 aromatic carbocycles. The maximum Gasteiger partial charge on any atom is 0.246 e. The third-order valence-corrected chi connectivity index (χ3v) is 3.29. The van der Waals surface area contributed by atoms with Gasteiger partial charge in [-0.05, 0) is 18.2 Å². The molecule has 0 radical (unpaired) electrons. The van der Waals surface area contributed by atoms with Crippen molar-refractivity contribution >= 4 is 34.8 Å². The van der Waals surface area contributed by atoms with Crippen LogP contribution in [-0.4, -0.2) is 15.7 Å². The molecule has 0 aliphatic rings. The van der Waals surface area contributed by atoms with Crippen LogP contribution in [0.2, 0.25) is 10.0 Å². The Bertz CT molecular complexity index is 612. The summed E-state index contributed by atoms with van der Waals surface area (Å²) in [5, 5.41) is 7.44. The number of aryl methyl sites for hydroxylation is 1. The molecule has 2 rings (SSSR count). The third kappa shape index (κ3) is 3.26. The Labute approximate surface area is 120 Å². The van der Waals surface area contributed by atoms with Crippen LogP contribution in [0.25, 0.3) is 0 Å². The smallest absolute Gasteiger partial charge is 0.246 e. The van der Waals surface area contributed by atoms with Gasteiger partial charge in [0.15, 0.2) is 0 Å². The zero-order valence-corrected chi connectivity index (χ0v) is 11.6. The number of hydrogen-bond donors (Lipinski definition) is 2. The number of hydrogen-bond acceptors (Lipinski definition) is 3. The summed E-state index contributed by atoms with van der Waals surface area (Å²) >= 11 is 11.7. The first-order valence-electron chi connectivity index (χ1n) is 5.47. The summed E-state index contributed by atoms with van der Waals surface area (Å²) in [6.45, 7) is 0. The molecule has 0 saturated heterocycles. The average molecular weight is 299 g/mol. The van der Waals surface area contributed by atoms with Crippen molar-refractivity contribution in [2.45, 2.75) is 6.04 Å². The first-order chi connectivity index (χ1) is 8.97. The Kier molecular flexibility index (Phi) is 4.09. The van der Waals surface area contributed by atoms with E-state index >= 15 is 0 Å². The van der Waals surface area contributed by atoms with Crippen LogP contribution in [0.5, 0.6) is 0 Å². The number of nitrogens with zero attached hydrogens (tertiary/aromatic N) is 2. The Morgan fingerprint density at radius 3 is 2.74 bits per heavy atom. The molecule has 0 fully saturated rings. The SMILES string of the molecule is Cn1cc(C(N)C(=O)Nc2ccc(Cl)c(Cl)c2)cn1. The fraction of sp³-hybridized carbons (Fsp3) is 0.167. The molecule has 1 unspecified atom stereocenters. The van der Waals surface area contributed by atoms with E-state index in [1.165, 1.54) is 0 Å². The number of nitrogens with one attached hydrogen (secondary N) is 1. The van der Waals surface area contributed by atoms with Gasteiger partial charge in [0, 0.05) is 24.5 Å². The van der Waals surface area contributed by atoms with Gasteiger partial charge in [0.2, 0.25) is 5.91 Å². The van der Waals surface area contributed by atoms with Gasteiger partial charge < -0.3 is 11.1 Å². The van der Waals surface area contributed by atoms with Crippen molar-refractivity contribution < 1.29 is 4.79 Å². The third-order valence-electron chi connectivity index (χ3n) is 2.55. The van der Waals surface area contributed by atoms with Crippen LogP contribution in [0.4, 0.5) is 5.69 Å². The van der Waals surface area contributed by atoms with Crippen molar-refractivity contribution in [2.75, 3.05) is 5.32 Å². The predicted octanol–water partition coefficient (Wildman–Crippen LogP) is 2.37. The fourth-order valence-electron chi connectivity index (χ4n) is 1.55. The number of amides is 1. The number of anilines is 1. The van der Waals surface area contributed by atoms with E-state index in [0.717, 1.165) is 0 Å². The summed E-state index contributed by atoms with van der Waals surface area (Å²) in [5.74, 6) is -0.341. The maximum atomic E-state index is 12.0. The summed E-state index contributed by atoms with van der Waals surface area (Å²) in [4.78, 5) is 12.0. The lowest BCUT2D eigenvalue weighted by Gasteiger charge is -2.11. The van der Waals surface area contributed by atoms with Crippen LogP contribution in [0, 0.1) is 0 Å². The lowest BCUT2D eigenvalue weighted by atomic mass is 10.1. The summed E-state index contributed by atoms with van der Waals surface area (Å²) in [5.41, 5.74) is 7.02. The summed E-state index contributed by atoms with van der Waals surface area (Å²) < 4.78 is 1.58. The number of nitrogens with two attached hydrogens (primary N) is 1. The highest BCUT2D eigenvalue weighted by Crippen LogP contribution is 2.25. The highest BCUT2D eigenvalue weighted by atomic mass is 35.5. The van der Waals surface area contributed by atoms with Gasteiger partial charge >= 0.3 is 0 Å². The molecule has 1 atom stereocenters. The van der Waals surface area contributed by atoms with Crippen LogP contribution in [0.1, 0.15) is 11.6 Å². The van der Waals surface area contributed by atoms with Gasteiger partial charge in [0.25, 0.3) is 0 Å². The van der Waals surface area contributed by atoms with Crippen molar-refractivity contribution in [1.82, 2.24) is 9.78 Å². The molecule has 2 aromatic rings. The molecule has 5 nitrogen and oxygen atoms in total. The van der Waals surface area contributed by atoms with Crippen molar-refractivity contribution in [3.63, 3.8) is 0 Å². The van der Waals surface area contributed by atoms with Crippen LogP contribution in [-0.2, 0) is 11.8 Å². The van der Waals surface area contributed by atoms with E-state index in [1.807, 2.05) is 0 Å². The normalized spacial score (nSPS) is 12.2. The molecule has 3 N–H and O–H groups in total. The highest BCUT2D eigenvalue weighted by Gasteiger charge is 2.17. The Morgan fingerprint density at radius 2 is 2.16 bits per heavy atom. The number of carbonyl (C=O) groups is 1. The van der Waals surface area contributed by atoms with E-state index in [2.05, 4.69) is 10.4 Å². The van der Waals surface area contributed by atoms with E-state index in [9.17, 15) is 4.79 Å². The molecule has 7 heteroatoms. The Balaban J connectivity index is 2.10.